The van der Waals surface area contributed by atoms with Gasteiger partial charge in [0.25, 0.3) is 5.91 Å². The smallest absolute Gasteiger partial charge is 0.416 e. The molecule has 0 radical (unpaired) electrons. The standard InChI is InChI=1S/C17H8Br2F3NO2S2/c18-11-4-8(5-12(19)14(11)24)6-13-15(25)23(16(26)27-13)10-3-1-2-9(7-10)17(20,21)22/h1-7,24H/b13-6+. The first-order valence-corrected chi connectivity index (χ1v) is 10.0. The maximum absolute atomic E-state index is 12.9. The zero-order chi connectivity index (χ0) is 19.9. The van der Waals surface area contributed by atoms with Gasteiger partial charge in [-0.3, -0.25) is 9.69 Å². The first-order chi connectivity index (χ1) is 12.6. The summed E-state index contributed by atoms with van der Waals surface area (Å²) in [4.78, 5) is 14.1. The number of phenolic OH excluding ortho intramolecular Hbond substituents is 1. The van der Waals surface area contributed by atoms with E-state index < -0.39 is 17.6 Å². The van der Waals surface area contributed by atoms with Gasteiger partial charge >= 0.3 is 6.18 Å². The molecular weight excluding hydrogens is 531 g/mol. The summed E-state index contributed by atoms with van der Waals surface area (Å²) in [5.41, 5.74) is -0.190. The zero-order valence-corrected chi connectivity index (χ0v) is 17.9. The molecule has 2 aromatic rings. The molecule has 1 saturated heterocycles. The van der Waals surface area contributed by atoms with E-state index in [9.17, 15) is 23.1 Å². The van der Waals surface area contributed by atoms with Crippen LogP contribution in [0.2, 0.25) is 0 Å². The van der Waals surface area contributed by atoms with E-state index in [1.807, 2.05) is 0 Å². The van der Waals surface area contributed by atoms with Gasteiger partial charge in [0.1, 0.15) is 5.75 Å². The number of benzene rings is 2. The number of carbonyl (C=O) groups is 1. The predicted octanol–water partition coefficient (Wildman–Crippen LogP) is 6.34. The van der Waals surface area contributed by atoms with Crippen LogP contribution in [0, 0.1) is 0 Å². The second kappa shape index (κ2) is 7.57. The van der Waals surface area contributed by atoms with Crippen molar-refractivity contribution in [3.8, 4) is 5.75 Å². The molecule has 1 aliphatic rings. The third-order valence-corrected chi connectivity index (χ3v) is 6.07. The molecule has 2 aromatic carbocycles. The Morgan fingerprint density at radius 1 is 1.15 bits per heavy atom. The Hall–Kier alpha value is -1.36. The minimum atomic E-state index is -4.52. The van der Waals surface area contributed by atoms with Crippen molar-refractivity contribution < 1.29 is 23.1 Å². The van der Waals surface area contributed by atoms with Crippen LogP contribution >= 0.6 is 55.8 Å². The second-order valence-electron chi connectivity index (χ2n) is 5.40. The van der Waals surface area contributed by atoms with Gasteiger partial charge < -0.3 is 5.11 Å². The van der Waals surface area contributed by atoms with Crippen LogP contribution in [-0.4, -0.2) is 15.3 Å². The monoisotopic (exact) mass is 537 g/mol. The average molecular weight is 539 g/mol. The molecule has 0 spiro atoms. The molecule has 140 valence electrons. The molecule has 27 heavy (non-hydrogen) atoms. The molecule has 3 rings (SSSR count). The molecule has 0 saturated carbocycles. The van der Waals surface area contributed by atoms with Crippen LogP contribution < -0.4 is 4.90 Å². The Morgan fingerprint density at radius 2 is 1.78 bits per heavy atom. The van der Waals surface area contributed by atoms with Crippen LogP contribution in [0.5, 0.6) is 5.75 Å². The van der Waals surface area contributed by atoms with Crippen molar-refractivity contribution >= 4 is 77.8 Å². The number of halogens is 5. The van der Waals surface area contributed by atoms with Gasteiger partial charge in [-0.1, -0.05) is 30.0 Å². The predicted molar refractivity (Wildman–Crippen MR) is 111 cm³/mol. The fraction of sp³-hybridized carbons (Fsp3) is 0.0588. The van der Waals surface area contributed by atoms with Crippen LogP contribution in [0.15, 0.2) is 50.2 Å². The van der Waals surface area contributed by atoms with E-state index in [0.29, 0.717) is 14.5 Å². The number of rotatable bonds is 2. The molecular formula is C17H8Br2F3NO2S2. The van der Waals surface area contributed by atoms with Crippen molar-refractivity contribution in [3.63, 3.8) is 0 Å². The maximum atomic E-state index is 12.9. The SMILES string of the molecule is O=C1/C(=C\c2cc(Br)c(O)c(Br)c2)SC(=S)N1c1cccc(C(F)(F)F)c1. The normalized spacial score (nSPS) is 16.5. The van der Waals surface area contributed by atoms with Crippen molar-refractivity contribution in [1.82, 2.24) is 0 Å². The van der Waals surface area contributed by atoms with Gasteiger partial charge in [0, 0.05) is 0 Å². The van der Waals surface area contributed by atoms with Crippen LogP contribution in [0.1, 0.15) is 11.1 Å². The van der Waals surface area contributed by atoms with Crippen LogP contribution in [-0.2, 0) is 11.0 Å². The minimum Gasteiger partial charge on any atom is -0.506 e. The van der Waals surface area contributed by atoms with E-state index >= 15 is 0 Å². The molecule has 0 aromatic heterocycles. The molecule has 1 N–H and O–H groups in total. The van der Waals surface area contributed by atoms with E-state index in [1.165, 1.54) is 12.1 Å². The lowest BCUT2D eigenvalue weighted by atomic mass is 10.1. The summed E-state index contributed by atoms with van der Waals surface area (Å²) in [7, 11) is 0. The summed E-state index contributed by atoms with van der Waals surface area (Å²) in [5.74, 6) is -0.492. The third kappa shape index (κ3) is 4.23. The molecule has 1 fully saturated rings. The fourth-order valence-electron chi connectivity index (χ4n) is 2.33. The van der Waals surface area contributed by atoms with E-state index in [4.69, 9.17) is 12.2 Å². The number of hydrogen-bond acceptors (Lipinski definition) is 4. The summed E-state index contributed by atoms with van der Waals surface area (Å²) in [6, 6.07) is 7.67. The lowest BCUT2D eigenvalue weighted by molar-refractivity contribution is -0.137. The molecule has 1 aliphatic heterocycles. The van der Waals surface area contributed by atoms with E-state index in [2.05, 4.69) is 31.9 Å². The molecule has 1 amide bonds. The number of amides is 1. The highest BCUT2D eigenvalue weighted by Crippen LogP contribution is 2.40. The van der Waals surface area contributed by atoms with Crippen LogP contribution in [0.4, 0.5) is 18.9 Å². The number of alkyl halides is 3. The van der Waals surface area contributed by atoms with Crippen molar-refractivity contribution in [2.24, 2.45) is 0 Å². The Labute approximate surface area is 178 Å². The van der Waals surface area contributed by atoms with Gasteiger partial charge in [-0.05, 0) is 73.8 Å². The summed E-state index contributed by atoms with van der Waals surface area (Å²) in [6.45, 7) is 0. The average Bonchev–Trinajstić information content (AvgIpc) is 2.85. The van der Waals surface area contributed by atoms with E-state index in [0.717, 1.165) is 28.8 Å². The van der Waals surface area contributed by atoms with E-state index in [-0.39, 0.29) is 20.7 Å². The van der Waals surface area contributed by atoms with Gasteiger partial charge in [0.2, 0.25) is 0 Å². The number of phenols is 1. The Balaban J connectivity index is 1.97. The minimum absolute atomic E-state index is 0.0173. The number of aromatic hydroxyl groups is 1. The molecule has 0 unspecified atom stereocenters. The van der Waals surface area contributed by atoms with Crippen LogP contribution in [0.25, 0.3) is 6.08 Å². The zero-order valence-electron chi connectivity index (χ0n) is 13.1. The fourth-order valence-corrected chi connectivity index (χ4v) is 4.85. The summed E-state index contributed by atoms with van der Waals surface area (Å²) in [6.07, 6.45) is -2.96. The highest BCUT2D eigenvalue weighted by atomic mass is 79.9. The summed E-state index contributed by atoms with van der Waals surface area (Å²) < 4.78 is 39.8. The Bertz CT molecular complexity index is 969. The summed E-state index contributed by atoms with van der Waals surface area (Å²) in [5, 5.41) is 9.76. The third-order valence-electron chi connectivity index (χ3n) is 3.56. The first kappa shape index (κ1) is 20.4. The van der Waals surface area contributed by atoms with Gasteiger partial charge in [0.05, 0.1) is 25.1 Å². The Kier molecular flexibility index (Phi) is 5.72. The van der Waals surface area contributed by atoms with Crippen molar-refractivity contribution in [3.05, 3.63) is 61.4 Å². The molecule has 0 bridgehead atoms. The van der Waals surface area contributed by atoms with Crippen molar-refractivity contribution in [1.29, 1.82) is 0 Å². The quantitative estimate of drug-likeness (QED) is 0.357. The second-order valence-corrected chi connectivity index (χ2v) is 8.78. The number of hydrogen-bond donors (Lipinski definition) is 1. The number of thioether (sulfide) groups is 1. The largest absolute Gasteiger partial charge is 0.506 e. The molecule has 0 aliphatic carbocycles. The lowest BCUT2D eigenvalue weighted by Gasteiger charge is -2.16. The topological polar surface area (TPSA) is 40.5 Å². The molecule has 10 heteroatoms. The van der Waals surface area contributed by atoms with Gasteiger partial charge in [-0.15, -0.1) is 0 Å². The Morgan fingerprint density at radius 3 is 2.37 bits per heavy atom. The number of thiocarbonyl (C=S) groups is 1. The lowest BCUT2D eigenvalue weighted by Crippen LogP contribution is -2.27. The number of carbonyl (C=O) groups excluding carboxylic acids is 1. The first-order valence-electron chi connectivity index (χ1n) is 7.21. The van der Waals surface area contributed by atoms with E-state index in [1.54, 1.807) is 18.2 Å². The van der Waals surface area contributed by atoms with Crippen molar-refractivity contribution in [2.75, 3.05) is 4.90 Å². The van der Waals surface area contributed by atoms with Crippen LogP contribution in [0.3, 0.4) is 0 Å². The molecule has 1 heterocycles. The highest BCUT2D eigenvalue weighted by Gasteiger charge is 2.36. The highest BCUT2D eigenvalue weighted by molar-refractivity contribution is 9.11. The van der Waals surface area contributed by atoms with Gasteiger partial charge in [-0.2, -0.15) is 13.2 Å². The summed E-state index contributed by atoms with van der Waals surface area (Å²) >= 11 is 12.6. The maximum Gasteiger partial charge on any atom is 0.416 e. The van der Waals surface area contributed by atoms with Gasteiger partial charge in [0.15, 0.2) is 4.32 Å². The van der Waals surface area contributed by atoms with Gasteiger partial charge in [-0.25, -0.2) is 0 Å². The molecule has 0 atom stereocenters. The number of anilines is 1. The van der Waals surface area contributed by atoms with Crippen molar-refractivity contribution in [2.45, 2.75) is 6.18 Å². The number of nitrogens with zero attached hydrogens (tertiary/aromatic N) is 1. The molecule has 3 nitrogen and oxygen atoms in total.